The van der Waals surface area contributed by atoms with Crippen LogP contribution < -0.4 is 5.32 Å². The van der Waals surface area contributed by atoms with Crippen LogP contribution in [0.4, 0.5) is 0 Å². The van der Waals surface area contributed by atoms with Crippen molar-refractivity contribution in [1.82, 2.24) is 5.32 Å². The van der Waals surface area contributed by atoms with Crippen molar-refractivity contribution in [2.45, 2.75) is 43.5 Å². The first-order valence-electron chi connectivity index (χ1n) is 6.29. The molecular weight excluding hydrogens is 314 g/mol. The quantitative estimate of drug-likeness (QED) is 0.813. The zero-order valence-electron chi connectivity index (χ0n) is 10.4. The highest BCUT2D eigenvalue weighted by molar-refractivity contribution is 9.09. The molecule has 0 spiro atoms. The van der Waals surface area contributed by atoms with Crippen molar-refractivity contribution in [1.29, 1.82) is 0 Å². The summed E-state index contributed by atoms with van der Waals surface area (Å²) in [6.07, 6.45) is 4.58. The molecule has 2 rings (SSSR count). The van der Waals surface area contributed by atoms with Crippen LogP contribution in [-0.4, -0.2) is 16.8 Å². The van der Waals surface area contributed by atoms with Gasteiger partial charge in [0, 0.05) is 21.5 Å². The Labute approximate surface area is 121 Å². The van der Waals surface area contributed by atoms with Gasteiger partial charge >= 0.3 is 0 Å². The van der Waals surface area contributed by atoms with Gasteiger partial charge in [0.15, 0.2) is 0 Å². The first-order chi connectivity index (χ1) is 8.59. The molecule has 1 amide bonds. The first-order valence-corrected chi connectivity index (χ1v) is 7.59. The van der Waals surface area contributed by atoms with Crippen molar-refractivity contribution in [3.05, 3.63) is 34.3 Å². The summed E-state index contributed by atoms with van der Waals surface area (Å²) in [6.45, 7) is 1.88. The third-order valence-corrected chi connectivity index (χ3v) is 5.02. The predicted molar refractivity (Wildman–Crippen MR) is 78.6 cm³/mol. The fourth-order valence-corrected chi connectivity index (χ4v) is 3.24. The third-order valence-electron chi connectivity index (χ3n) is 3.51. The van der Waals surface area contributed by atoms with Crippen LogP contribution in [-0.2, 0) is 0 Å². The summed E-state index contributed by atoms with van der Waals surface area (Å²) in [5, 5.41) is 3.75. The summed E-state index contributed by atoms with van der Waals surface area (Å²) in [5.74, 6) is -0.0219. The van der Waals surface area contributed by atoms with Gasteiger partial charge in [0.2, 0.25) is 0 Å². The van der Waals surface area contributed by atoms with Crippen LogP contribution in [0.2, 0.25) is 5.02 Å². The van der Waals surface area contributed by atoms with E-state index < -0.39 is 0 Å². The Morgan fingerprint density at radius 2 is 2.11 bits per heavy atom. The molecular formula is C14H17BrClNO. The second-order valence-corrected chi connectivity index (χ2v) is 6.38. The van der Waals surface area contributed by atoms with Crippen LogP contribution in [0.1, 0.15) is 41.6 Å². The largest absolute Gasteiger partial charge is 0.348 e. The zero-order chi connectivity index (χ0) is 13.1. The zero-order valence-corrected chi connectivity index (χ0v) is 12.7. The smallest absolute Gasteiger partial charge is 0.251 e. The average molecular weight is 331 g/mol. The van der Waals surface area contributed by atoms with E-state index in [0.29, 0.717) is 15.4 Å². The van der Waals surface area contributed by atoms with Crippen LogP contribution in [0.25, 0.3) is 0 Å². The highest BCUT2D eigenvalue weighted by atomic mass is 79.9. The van der Waals surface area contributed by atoms with Crippen molar-refractivity contribution in [3.8, 4) is 0 Å². The Kier molecular flexibility index (Phi) is 4.68. The lowest BCUT2D eigenvalue weighted by molar-refractivity contribution is 0.0929. The normalized spacial score (nSPS) is 23.7. The Hall–Kier alpha value is -0.540. The van der Waals surface area contributed by atoms with E-state index in [1.165, 1.54) is 12.8 Å². The molecule has 0 heterocycles. The summed E-state index contributed by atoms with van der Waals surface area (Å²) < 4.78 is 0. The minimum atomic E-state index is -0.0219. The molecule has 1 saturated carbocycles. The summed E-state index contributed by atoms with van der Waals surface area (Å²) in [7, 11) is 0. The minimum absolute atomic E-state index is 0.0219. The van der Waals surface area contributed by atoms with Crippen molar-refractivity contribution >= 4 is 33.4 Å². The second-order valence-electron chi connectivity index (χ2n) is 4.79. The predicted octanol–water partition coefficient (Wildman–Crippen LogP) is 4.08. The lowest BCUT2D eigenvalue weighted by atomic mass is 9.95. The van der Waals surface area contributed by atoms with E-state index in [4.69, 9.17) is 11.6 Å². The maximum atomic E-state index is 12.2. The molecule has 1 aliphatic rings. The number of carbonyl (C=O) groups excluding carboxylic acids is 1. The van der Waals surface area contributed by atoms with Gasteiger partial charge in [-0.1, -0.05) is 46.4 Å². The number of nitrogens with one attached hydrogen (secondary N) is 1. The first kappa shape index (κ1) is 13.9. The molecule has 0 aromatic heterocycles. The Bertz CT molecular complexity index is 449. The van der Waals surface area contributed by atoms with Gasteiger partial charge in [0.1, 0.15) is 0 Å². The minimum Gasteiger partial charge on any atom is -0.348 e. The topological polar surface area (TPSA) is 29.1 Å². The Morgan fingerprint density at radius 3 is 2.83 bits per heavy atom. The molecule has 0 saturated heterocycles. The average Bonchev–Trinajstić information content (AvgIpc) is 2.35. The number of hydrogen-bond acceptors (Lipinski definition) is 1. The Balaban J connectivity index is 2.09. The Morgan fingerprint density at radius 1 is 1.39 bits per heavy atom. The molecule has 2 nitrogen and oxygen atoms in total. The maximum Gasteiger partial charge on any atom is 0.251 e. The van der Waals surface area contributed by atoms with Crippen molar-refractivity contribution < 1.29 is 4.79 Å². The standard InChI is InChI=1S/C14H17BrClNO/c1-9-10(5-4-7-12(9)16)14(18)17-13-8-3-2-6-11(13)15/h4-5,7,11,13H,2-3,6,8H2,1H3,(H,17,18). The van der Waals surface area contributed by atoms with Crippen LogP contribution in [0.5, 0.6) is 0 Å². The molecule has 1 N–H and O–H groups in total. The van der Waals surface area contributed by atoms with Crippen molar-refractivity contribution in [2.75, 3.05) is 0 Å². The number of benzene rings is 1. The number of alkyl halides is 1. The molecule has 1 fully saturated rings. The van der Waals surface area contributed by atoms with E-state index in [-0.39, 0.29) is 11.9 Å². The number of rotatable bonds is 2. The van der Waals surface area contributed by atoms with Crippen LogP contribution >= 0.6 is 27.5 Å². The van der Waals surface area contributed by atoms with Gasteiger partial charge in [0.05, 0.1) is 0 Å². The van der Waals surface area contributed by atoms with Gasteiger partial charge in [0.25, 0.3) is 5.91 Å². The molecule has 4 heteroatoms. The van der Waals surface area contributed by atoms with Crippen molar-refractivity contribution in [2.24, 2.45) is 0 Å². The molecule has 0 bridgehead atoms. The molecule has 2 unspecified atom stereocenters. The summed E-state index contributed by atoms with van der Waals surface area (Å²) in [4.78, 5) is 12.6. The van der Waals surface area contributed by atoms with Gasteiger partial charge in [-0.2, -0.15) is 0 Å². The van der Waals surface area contributed by atoms with E-state index in [1.807, 2.05) is 25.1 Å². The highest BCUT2D eigenvalue weighted by Gasteiger charge is 2.25. The molecule has 98 valence electrons. The van der Waals surface area contributed by atoms with Gasteiger partial charge in [-0.05, 0) is 37.5 Å². The highest BCUT2D eigenvalue weighted by Crippen LogP contribution is 2.25. The number of carbonyl (C=O) groups is 1. The summed E-state index contributed by atoms with van der Waals surface area (Å²) in [5.41, 5.74) is 1.52. The van der Waals surface area contributed by atoms with Crippen LogP contribution in [0.15, 0.2) is 18.2 Å². The molecule has 1 aromatic carbocycles. The molecule has 18 heavy (non-hydrogen) atoms. The number of amides is 1. The van der Waals surface area contributed by atoms with E-state index >= 15 is 0 Å². The van der Waals surface area contributed by atoms with E-state index in [9.17, 15) is 4.79 Å². The van der Waals surface area contributed by atoms with Gasteiger partial charge in [-0.3, -0.25) is 4.79 Å². The lowest BCUT2D eigenvalue weighted by Gasteiger charge is -2.28. The van der Waals surface area contributed by atoms with Crippen LogP contribution in [0.3, 0.4) is 0 Å². The fraction of sp³-hybridized carbons (Fsp3) is 0.500. The van der Waals surface area contributed by atoms with Crippen molar-refractivity contribution in [3.63, 3.8) is 0 Å². The van der Waals surface area contributed by atoms with Crippen LogP contribution in [0, 0.1) is 6.92 Å². The van der Waals surface area contributed by atoms with Gasteiger partial charge < -0.3 is 5.32 Å². The van der Waals surface area contributed by atoms with Gasteiger partial charge in [-0.15, -0.1) is 0 Å². The fourth-order valence-electron chi connectivity index (χ4n) is 2.35. The molecule has 0 aliphatic heterocycles. The van der Waals surface area contributed by atoms with E-state index in [0.717, 1.165) is 18.4 Å². The SMILES string of the molecule is Cc1c(Cl)cccc1C(=O)NC1CCCCC1Br. The lowest BCUT2D eigenvalue weighted by Crippen LogP contribution is -2.42. The maximum absolute atomic E-state index is 12.2. The van der Waals surface area contributed by atoms with Gasteiger partial charge in [-0.25, -0.2) is 0 Å². The molecule has 1 aromatic rings. The molecule has 1 aliphatic carbocycles. The molecule has 2 atom stereocenters. The molecule has 0 radical (unpaired) electrons. The summed E-state index contributed by atoms with van der Waals surface area (Å²) >= 11 is 9.69. The van der Waals surface area contributed by atoms with E-state index in [2.05, 4.69) is 21.2 Å². The summed E-state index contributed by atoms with van der Waals surface area (Å²) in [6, 6.07) is 5.67. The monoisotopic (exact) mass is 329 g/mol. The second kappa shape index (κ2) is 6.07. The van der Waals surface area contributed by atoms with E-state index in [1.54, 1.807) is 0 Å². The number of halogens is 2. The third kappa shape index (κ3) is 3.07. The number of hydrogen-bond donors (Lipinski definition) is 1.